The van der Waals surface area contributed by atoms with Gasteiger partial charge < -0.3 is 5.32 Å². The van der Waals surface area contributed by atoms with Crippen molar-refractivity contribution in [3.8, 4) is 0 Å². The lowest BCUT2D eigenvalue weighted by molar-refractivity contribution is -0.123. The highest BCUT2D eigenvalue weighted by atomic mass is 19.1. The third-order valence-corrected chi connectivity index (χ3v) is 4.92. The Bertz CT molecular complexity index is 530. The summed E-state index contributed by atoms with van der Waals surface area (Å²) in [6, 6.07) is 7.46. The van der Waals surface area contributed by atoms with Crippen molar-refractivity contribution < 1.29 is 9.18 Å². The van der Waals surface area contributed by atoms with E-state index in [9.17, 15) is 9.18 Å². The molecule has 2 atom stereocenters. The van der Waals surface area contributed by atoms with Gasteiger partial charge in [-0.1, -0.05) is 12.1 Å². The monoisotopic (exact) mass is 304 g/mol. The number of rotatable bonds is 6. The minimum absolute atomic E-state index is 0.130. The van der Waals surface area contributed by atoms with E-state index in [2.05, 4.69) is 17.1 Å². The molecule has 1 saturated carbocycles. The number of hydrogen-bond donors (Lipinski definition) is 1. The van der Waals surface area contributed by atoms with Crippen molar-refractivity contribution in [2.45, 2.75) is 51.1 Å². The van der Waals surface area contributed by atoms with Crippen LogP contribution in [0, 0.1) is 11.7 Å². The number of carbonyl (C=O) groups is 1. The third kappa shape index (κ3) is 4.07. The minimum Gasteiger partial charge on any atom is -0.352 e. The van der Waals surface area contributed by atoms with Crippen LogP contribution in [0.25, 0.3) is 0 Å². The van der Waals surface area contributed by atoms with E-state index in [-0.39, 0.29) is 11.7 Å². The molecule has 3 rings (SSSR count). The number of nitrogens with one attached hydrogen (secondary N) is 1. The molecule has 1 saturated heterocycles. The van der Waals surface area contributed by atoms with Gasteiger partial charge in [0.15, 0.2) is 0 Å². The summed E-state index contributed by atoms with van der Waals surface area (Å²) in [6.45, 7) is 3.53. The Morgan fingerprint density at radius 3 is 2.95 bits per heavy atom. The van der Waals surface area contributed by atoms with Crippen LogP contribution in [0.15, 0.2) is 24.3 Å². The van der Waals surface area contributed by atoms with Crippen molar-refractivity contribution in [2.75, 3.05) is 13.1 Å². The van der Waals surface area contributed by atoms with E-state index in [0.717, 1.165) is 31.4 Å². The van der Waals surface area contributed by atoms with Gasteiger partial charge >= 0.3 is 0 Å². The zero-order valence-electron chi connectivity index (χ0n) is 13.2. The molecule has 120 valence electrons. The highest BCUT2D eigenvalue weighted by molar-refractivity contribution is 5.78. The first-order valence-electron chi connectivity index (χ1n) is 8.39. The molecular weight excluding hydrogens is 279 g/mol. The maximum absolute atomic E-state index is 13.3. The number of halogens is 1. The highest BCUT2D eigenvalue weighted by Crippen LogP contribution is 2.32. The third-order valence-electron chi connectivity index (χ3n) is 4.92. The molecule has 1 aliphatic carbocycles. The Morgan fingerprint density at radius 2 is 2.23 bits per heavy atom. The standard InChI is InChI=1S/C18H25FN2O/c1-13(15-7-8-15)20-18(22)12-21-9-3-6-17(21)11-14-4-2-5-16(19)10-14/h2,4-5,10,13,15,17H,3,6-9,11-12H2,1H3,(H,20,22). The molecular formula is C18H25FN2O. The van der Waals surface area contributed by atoms with E-state index in [4.69, 9.17) is 0 Å². The summed E-state index contributed by atoms with van der Waals surface area (Å²) in [6.07, 6.45) is 5.51. The van der Waals surface area contributed by atoms with E-state index in [1.165, 1.54) is 18.9 Å². The fourth-order valence-electron chi connectivity index (χ4n) is 3.47. The molecule has 4 heteroatoms. The Balaban J connectivity index is 1.52. The topological polar surface area (TPSA) is 32.3 Å². The SMILES string of the molecule is CC(NC(=O)CN1CCCC1Cc1cccc(F)c1)C1CC1. The summed E-state index contributed by atoms with van der Waals surface area (Å²) in [4.78, 5) is 14.4. The van der Waals surface area contributed by atoms with Gasteiger partial charge in [0.1, 0.15) is 5.82 Å². The lowest BCUT2D eigenvalue weighted by Crippen LogP contribution is -2.43. The van der Waals surface area contributed by atoms with Crippen molar-refractivity contribution in [1.82, 2.24) is 10.2 Å². The van der Waals surface area contributed by atoms with Crippen molar-refractivity contribution in [3.63, 3.8) is 0 Å². The molecule has 0 aromatic heterocycles. The Hall–Kier alpha value is -1.42. The molecule has 1 N–H and O–H groups in total. The van der Waals surface area contributed by atoms with Gasteiger partial charge in [-0.05, 0) is 69.2 Å². The van der Waals surface area contributed by atoms with Crippen LogP contribution < -0.4 is 5.32 Å². The molecule has 0 bridgehead atoms. The number of benzene rings is 1. The molecule has 22 heavy (non-hydrogen) atoms. The summed E-state index contributed by atoms with van der Waals surface area (Å²) >= 11 is 0. The summed E-state index contributed by atoms with van der Waals surface area (Å²) in [5.41, 5.74) is 1.02. The average molecular weight is 304 g/mol. The van der Waals surface area contributed by atoms with Crippen molar-refractivity contribution in [1.29, 1.82) is 0 Å². The van der Waals surface area contributed by atoms with E-state index in [1.807, 2.05) is 6.07 Å². The zero-order valence-corrected chi connectivity index (χ0v) is 13.2. The van der Waals surface area contributed by atoms with Crippen molar-refractivity contribution in [2.24, 2.45) is 5.92 Å². The van der Waals surface area contributed by atoms with E-state index < -0.39 is 0 Å². The molecule has 1 aliphatic heterocycles. The van der Waals surface area contributed by atoms with Gasteiger partial charge in [0, 0.05) is 12.1 Å². The quantitative estimate of drug-likeness (QED) is 0.876. The molecule has 2 aliphatic rings. The van der Waals surface area contributed by atoms with Gasteiger partial charge in [-0.25, -0.2) is 4.39 Å². The molecule has 3 nitrogen and oxygen atoms in total. The fraction of sp³-hybridized carbons (Fsp3) is 0.611. The number of carbonyl (C=O) groups excluding carboxylic acids is 1. The fourth-order valence-corrected chi connectivity index (χ4v) is 3.47. The van der Waals surface area contributed by atoms with Crippen LogP contribution in [0.3, 0.4) is 0 Å². The first-order valence-corrected chi connectivity index (χ1v) is 8.39. The predicted molar refractivity (Wildman–Crippen MR) is 85.0 cm³/mol. The van der Waals surface area contributed by atoms with E-state index >= 15 is 0 Å². The maximum Gasteiger partial charge on any atom is 0.234 e. The Labute approximate surface area is 131 Å². The summed E-state index contributed by atoms with van der Waals surface area (Å²) in [7, 11) is 0. The highest BCUT2D eigenvalue weighted by Gasteiger charge is 2.31. The van der Waals surface area contributed by atoms with Gasteiger partial charge in [-0.3, -0.25) is 9.69 Å². The molecule has 2 unspecified atom stereocenters. The minimum atomic E-state index is -0.182. The van der Waals surface area contributed by atoms with Crippen LogP contribution in [0.4, 0.5) is 4.39 Å². The van der Waals surface area contributed by atoms with Crippen molar-refractivity contribution >= 4 is 5.91 Å². The lowest BCUT2D eigenvalue weighted by Gasteiger charge is -2.25. The summed E-state index contributed by atoms with van der Waals surface area (Å²) < 4.78 is 13.3. The molecule has 0 spiro atoms. The second-order valence-electron chi connectivity index (χ2n) is 6.79. The number of likely N-dealkylation sites (tertiary alicyclic amines) is 1. The summed E-state index contributed by atoms with van der Waals surface area (Å²) in [5.74, 6) is 0.634. The van der Waals surface area contributed by atoms with E-state index in [1.54, 1.807) is 12.1 Å². The van der Waals surface area contributed by atoms with Gasteiger partial charge in [0.05, 0.1) is 6.54 Å². The molecule has 1 aromatic carbocycles. The first kappa shape index (κ1) is 15.5. The van der Waals surface area contributed by atoms with Crippen LogP contribution >= 0.6 is 0 Å². The number of nitrogens with zero attached hydrogens (tertiary/aromatic N) is 1. The summed E-state index contributed by atoms with van der Waals surface area (Å²) in [5, 5.41) is 3.12. The normalized spacial score (nSPS) is 23.5. The Kier molecular flexibility index (Phi) is 4.77. The van der Waals surface area contributed by atoms with Gasteiger partial charge in [-0.15, -0.1) is 0 Å². The van der Waals surface area contributed by atoms with Crippen LogP contribution in [-0.2, 0) is 11.2 Å². The molecule has 1 heterocycles. The molecule has 1 aromatic rings. The second kappa shape index (κ2) is 6.78. The maximum atomic E-state index is 13.3. The number of hydrogen-bond acceptors (Lipinski definition) is 2. The van der Waals surface area contributed by atoms with Crippen LogP contribution in [0.2, 0.25) is 0 Å². The van der Waals surface area contributed by atoms with Crippen LogP contribution in [-0.4, -0.2) is 36.0 Å². The number of amides is 1. The predicted octanol–water partition coefficient (Wildman–Crippen LogP) is 2.75. The van der Waals surface area contributed by atoms with Crippen LogP contribution in [0.1, 0.15) is 38.2 Å². The van der Waals surface area contributed by atoms with Gasteiger partial charge in [0.25, 0.3) is 0 Å². The van der Waals surface area contributed by atoms with Gasteiger partial charge in [0.2, 0.25) is 5.91 Å². The van der Waals surface area contributed by atoms with Crippen LogP contribution in [0.5, 0.6) is 0 Å². The average Bonchev–Trinajstić information content (AvgIpc) is 3.23. The largest absolute Gasteiger partial charge is 0.352 e. The molecule has 1 amide bonds. The smallest absolute Gasteiger partial charge is 0.234 e. The van der Waals surface area contributed by atoms with Crippen molar-refractivity contribution in [3.05, 3.63) is 35.6 Å². The first-order chi connectivity index (χ1) is 10.6. The molecule has 0 radical (unpaired) electrons. The Morgan fingerprint density at radius 1 is 1.41 bits per heavy atom. The van der Waals surface area contributed by atoms with E-state index in [0.29, 0.717) is 24.5 Å². The molecule has 2 fully saturated rings. The zero-order chi connectivity index (χ0) is 15.5. The lowest BCUT2D eigenvalue weighted by atomic mass is 10.0. The van der Waals surface area contributed by atoms with Gasteiger partial charge in [-0.2, -0.15) is 0 Å². The second-order valence-corrected chi connectivity index (χ2v) is 6.79.